The van der Waals surface area contributed by atoms with Gasteiger partial charge in [-0.3, -0.25) is 4.90 Å². The van der Waals surface area contributed by atoms with Gasteiger partial charge in [0.05, 0.1) is 6.61 Å². The quantitative estimate of drug-likeness (QED) is 0.455. The lowest BCUT2D eigenvalue weighted by Crippen LogP contribution is -2.48. The minimum atomic E-state index is -4.60. The Morgan fingerprint density at radius 1 is 1.19 bits per heavy atom. The highest BCUT2D eigenvalue weighted by Gasteiger charge is 2.34. The maximum atomic E-state index is 12.8. The van der Waals surface area contributed by atoms with Gasteiger partial charge in [-0.15, -0.1) is 0 Å². The van der Waals surface area contributed by atoms with E-state index in [4.69, 9.17) is 16.3 Å². The summed E-state index contributed by atoms with van der Waals surface area (Å²) in [7, 11) is 0. The van der Waals surface area contributed by atoms with Crippen LogP contribution in [-0.2, 0) is 17.5 Å². The number of carbonyl (C=O) groups is 1. The SMILES string of the molecule is CCCCOC(=O)N1CCN(Cc2ccc(Nc3ncc(C(F)(F)F)c(Cl)n3)cc2)CC1. The van der Waals surface area contributed by atoms with Crippen molar-refractivity contribution in [1.82, 2.24) is 19.8 Å². The Kier molecular flexibility index (Phi) is 8.14. The topological polar surface area (TPSA) is 70.6 Å². The van der Waals surface area contributed by atoms with Crippen LogP contribution in [0.15, 0.2) is 30.5 Å². The maximum absolute atomic E-state index is 12.8. The van der Waals surface area contributed by atoms with Crippen LogP contribution in [0.4, 0.5) is 29.6 Å². The van der Waals surface area contributed by atoms with Crippen LogP contribution in [-0.4, -0.2) is 58.6 Å². The number of ether oxygens (including phenoxy) is 1. The van der Waals surface area contributed by atoms with Crippen LogP contribution >= 0.6 is 11.6 Å². The monoisotopic (exact) mass is 471 g/mol. The number of nitrogens with one attached hydrogen (secondary N) is 1. The molecule has 0 bridgehead atoms. The lowest BCUT2D eigenvalue weighted by molar-refractivity contribution is -0.137. The van der Waals surface area contributed by atoms with Crippen LogP contribution < -0.4 is 5.32 Å². The van der Waals surface area contributed by atoms with Gasteiger partial charge in [-0.2, -0.15) is 13.2 Å². The Bertz CT molecular complexity index is 903. The molecule has 0 aliphatic carbocycles. The molecule has 174 valence electrons. The van der Waals surface area contributed by atoms with Crippen molar-refractivity contribution in [2.75, 3.05) is 38.1 Å². The van der Waals surface area contributed by atoms with Gasteiger partial charge in [0.1, 0.15) is 10.7 Å². The molecule has 1 aromatic carbocycles. The van der Waals surface area contributed by atoms with E-state index < -0.39 is 16.9 Å². The second-order valence-corrected chi connectivity index (χ2v) is 7.81. The van der Waals surface area contributed by atoms with E-state index in [1.807, 2.05) is 19.1 Å². The third-order valence-corrected chi connectivity index (χ3v) is 5.31. The first kappa shape index (κ1) is 24.1. The first-order chi connectivity index (χ1) is 15.3. The van der Waals surface area contributed by atoms with E-state index in [9.17, 15) is 18.0 Å². The number of aromatic nitrogens is 2. The average molecular weight is 472 g/mol. The third-order valence-electron chi connectivity index (χ3n) is 5.02. The molecule has 0 spiro atoms. The molecule has 1 amide bonds. The molecule has 1 aromatic heterocycles. The van der Waals surface area contributed by atoms with Crippen molar-refractivity contribution in [3.63, 3.8) is 0 Å². The summed E-state index contributed by atoms with van der Waals surface area (Å²) in [5, 5.41) is 2.19. The molecule has 0 atom stereocenters. The second kappa shape index (κ2) is 10.8. The number of piperazine rings is 1. The van der Waals surface area contributed by atoms with Crippen molar-refractivity contribution < 1.29 is 22.7 Å². The van der Waals surface area contributed by atoms with Crippen LogP contribution in [0.3, 0.4) is 0 Å². The highest BCUT2D eigenvalue weighted by atomic mass is 35.5. The molecular weight excluding hydrogens is 447 g/mol. The molecule has 32 heavy (non-hydrogen) atoms. The van der Waals surface area contributed by atoms with Gasteiger partial charge in [-0.1, -0.05) is 37.1 Å². The number of rotatable bonds is 7. The minimum Gasteiger partial charge on any atom is -0.449 e. The molecule has 1 aliphatic heterocycles. The maximum Gasteiger partial charge on any atom is 0.420 e. The molecule has 7 nitrogen and oxygen atoms in total. The number of hydrogen-bond donors (Lipinski definition) is 1. The van der Waals surface area contributed by atoms with Gasteiger partial charge in [-0.05, 0) is 24.1 Å². The van der Waals surface area contributed by atoms with E-state index in [0.717, 1.165) is 38.0 Å². The van der Waals surface area contributed by atoms with E-state index in [1.54, 1.807) is 17.0 Å². The van der Waals surface area contributed by atoms with Gasteiger partial charge in [0, 0.05) is 44.6 Å². The molecule has 0 unspecified atom stereocenters. The molecule has 2 aromatic rings. The molecule has 2 heterocycles. The molecule has 0 radical (unpaired) electrons. The van der Waals surface area contributed by atoms with Crippen molar-refractivity contribution in [3.05, 3.63) is 46.7 Å². The summed E-state index contributed by atoms with van der Waals surface area (Å²) in [5.41, 5.74) is 0.625. The Hall–Kier alpha value is -2.59. The summed E-state index contributed by atoms with van der Waals surface area (Å²) >= 11 is 5.63. The zero-order chi connectivity index (χ0) is 23.1. The first-order valence-electron chi connectivity index (χ1n) is 10.4. The van der Waals surface area contributed by atoms with Crippen LogP contribution in [0, 0.1) is 0 Å². The standard InChI is InChI=1S/C21H25ClF3N5O2/c1-2-3-12-32-20(31)30-10-8-29(9-11-30)14-15-4-6-16(7-5-15)27-19-26-13-17(18(22)28-19)21(23,24)25/h4-7,13H,2-3,8-12,14H2,1H3,(H,26,27,28). The highest BCUT2D eigenvalue weighted by Crippen LogP contribution is 2.33. The zero-order valence-corrected chi connectivity index (χ0v) is 18.4. The van der Waals surface area contributed by atoms with Crippen molar-refractivity contribution in [3.8, 4) is 0 Å². The molecule has 0 saturated carbocycles. The van der Waals surface area contributed by atoms with Crippen LogP contribution in [0.2, 0.25) is 5.15 Å². The Balaban J connectivity index is 1.48. The highest BCUT2D eigenvalue weighted by molar-refractivity contribution is 6.30. The number of alkyl halides is 3. The number of anilines is 2. The first-order valence-corrected chi connectivity index (χ1v) is 10.7. The smallest absolute Gasteiger partial charge is 0.420 e. The van der Waals surface area contributed by atoms with Crippen molar-refractivity contribution in [2.45, 2.75) is 32.5 Å². The molecule has 3 rings (SSSR count). The summed E-state index contributed by atoms with van der Waals surface area (Å²) < 4.78 is 43.5. The summed E-state index contributed by atoms with van der Waals surface area (Å²) in [5.74, 6) is -0.0160. The Morgan fingerprint density at radius 2 is 1.88 bits per heavy atom. The summed E-state index contributed by atoms with van der Waals surface area (Å²) in [6, 6.07) is 7.43. The van der Waals surface area contributed by atoms with E-state index >= 15 is 0 Å². The number of benzene rings is 1. The summed E-state index contributed by atoms with van der Waals surface area (Å²) in [6.07, 6.45) is -2.34. The fourth-order valence-corrected chi connectivity index (χ4v) is 3.41. The number of hydrogen-bond acceptors (Lipinski definition) is 6. The van der Waals surface area contributed by atoms with Gasteiger partial charge in [0.15, 0.2) is 0 Å². The second-order valence-electron chi connectivity index (χ2n) is 7.45. The lowest BCUT2D eigenvalue weighted by Gasteiger charge is -2.34. The van der Waals surface area contributed by atoms with Crippen molar-refractivity contribution in [1.29, 1.82) is 0 Å². The molecule has 1 fully saturated rings. The zero-order valence-electron chi connectivity index (χ0n) is 17.7. The van der Waals surface area contributed by atoms with Gasteiger partial charge in [0.25, 0.3) is 0 Å². The Morgan fingerprint density at radius 3 is 2.47 bits per heavy atom. The molecular formula is C21H25ClF3N5O2. The number of carbonyl (C=O) groups excluding carboxylic acids is 1. The third kappa shape index (κ3) is 6.70. The minimum absolute atomic E-state index is 0.0160. The number of halogens is 4. The van der Waals surface area contributed by atoms with Gasteiger partial charge in [-0.25, -0.2) is 14.8 Å². The van der Waals surface area contributed by atoms with Crippen LogP contribution in [0.5, 0.6) is 0 Å². The largest absolute Gasteiger partial charge is 0.449 e. The summed E-state index contributed by atoms with van der Waals surface area (Å²) in [6.45, 7) is 5.98. The number of unbranched alkanes of at least 4 members (excludes halogenated alkanes) is 1. The predicted molar refractivity (Wildman–Crippen MR) is 115 cm³/mol. The van der Waals surface area contributed by atoms with Crippen LogP contribution in [0.25, 0.3) is 0 Å². The van der Waals surface area contributed by atoms with E-state index in [0.29, 0.717) is 31.6 Å². The van der Waals surface area contributed by atoms with Crippen molar-refractivity contribution in [2.24, 2.45) is 0 Å². The summed E-state index contributed by atoms with van der Waals surface area (Å²) in [4.78, 5) is 23.3. The van der Waals surface area contributed by atoms with Crippen molar-refractivity contribution >= 4 is 29.3 Å². The van der Waals surface area contributed by atoms with Crippen LogP contribution in [0.1, 0.15) is 30.9 Å². The van der Waals surface area contributed by atoms with E-state index in [1.165, 1.54) is 0 Å². The lowest BCUT2D eigenvalue weighted by atomic mass is 10.2. The van der Waals surface area contributed by atoms with E-state index in [2.05, 4.69) is 20.2 Å². The number of amides is 1. The molecule has 1 aliphatic rings. The molecule has 1 saturated heterocycles. The van der Waals surface area contributed by atoms with Gasteiger partial charge < -0.3 is 15.0 Å². The number of nitrogens with zero attached hydrogens (tertiary/aromatic N) is 4. The predicted octanol–water partition coefficient (Wildman–Crippen LogP) is 4.95. The average Bonchev–Trinajstić information content (AvgIpc) is 2.75. The normalized spacial score (nSPS) is 15.0. The fraction of sp³-hybridized carbons (Fsp3) is 0.476. The fourth-order valence-electron chi connectivity index (χ4n) is 3.18. The Labute approximate surface area is 189 Å². The molecule has 11 heteroatoms. The van der Waals surface area contributed by atoms with Gasteiger partial charge in [0.2, 0.25) is 5.95 Å². The van der Waals surface area contributed by atoms with E-state index in [-0.39, 0.29) is 12.0 Å². The molecule has 1 N–H and O–H groups in total. The van der Waals surface area contributed by atoms with Gasteiger partial charge >= 0.3 is 12.3 Å².